The third-order valence-corrected chi connectivity index (χ3v) is 8.19. The largest absolute Gasteiger partial charge is 0.497 e. The number of ether oxygens (including phenoxy) is 1. The summed E-state index contributed by atoms with van der Waals surface area (Å²) in [5, 5.41) is 3.45. The van der Waals surface area contributed by atoms with E-state index in [-0.39, 0.29) is 37.7 Å². The number of rotatable bonds is 15. The molecule has 0 heterocycles. The highest BCUT2D eigenvalue weighted by atomic mass is 35.5. The maximum Gasteiger partial charge on any atom is 0.243 e. The second-order valence-corrected chi connectivity index (χ2v) is 12.1. The smallest absolute Gasteiger partial charge is 0.243 e. The molecule has 2 amide bonds. The molecule has 0 aromatic heterocycles. The van der Waals surface area contributed by atoms with Crippen molar-refractivity contribution in [2.75, 3.05) is 30.8 Å². The van der Waals surface area contributed by atoms with Crippen LogP contribution in [0.1, 0.15) is 37.3 Å². The first-order valence-corrected chi connectivity index (χ1v) is 15.8. The Morgan fingerprint density at radius 2 is 1.63 bits per heavy atom. The second-order valence-electron chi connectivity index (χ2n) is 9.75. The van der Waals surface area contributed by atoms with Gasteiger partial charge in [-0.15, -0.1) is 0 Å². The molecule has 10 heteroatoms. The van der Waals surface area contributed by atoms with Gasteiger partial charge in [0.2, 0.25) is 21.8 Å². The highest BCUT2D eigenvalue weighted by molar-refractivity contribution is 7.92. The van der Waals surface area contributed by atoms with E-state index in [4.69, 9.17) is 16.3 Å². The maximum atomic E-state index is 13.8. The number of nitrogens with one attached hydrogen (secondary N) is 1. The van der Waals surface area contributed by atoms with Crippen LogP contribution in [-0.4, -0.2) is 57.6 Å². The fourth-order valence-corrected chi connectivity index (χ4v) is 5.64. The summed E-state index contributed by atoms with van der Waals surface area (Å²) in [6.45, 7) is 2.70. The maximum absolute atomic E-state index is 13.8. The Kier molecular flexibility index (Phi) is 12.0. The Balaban J connectivity index is 1.87. The Hall–Kier alpha value is -3.56. The van der Waals surface area contributed by atoms with Crippen LogP contribution in [0.5, 0.6) is 5.75 Å². The summed E-state index contributed by atoms with van der Waals surface area (Å²) in [5.74, 6) is 0.103. The van der Waals surface area contributed by atoms with Gasteiger partial charge < -0.3 is 15.0 Å². The van der Waals surface area contributed by atoms with Crippen LogP contribution in [-0.2, 0) is 32.6 Å². The molecular formula is C31H38ClN3O5S. The van der Waals surface area contributed by atoms with Crippen LogP contribution in [0.15, 0.2) is 78.9 Å². The molecule has 3 aromatic carbocycles. The molecule has 0 unspecified atom stereocenters. The average molecular weight is 600 g/mol. The van der Waals surface area contributed by atoms with E-state index in [1.54, 1.807) is 35.2 Å². The van der Waals surface area contributed by atoms with E-state index in [1.165, 1.54) is 11.4 Å². The molecule has 3 aromatic rings. The molecule has 0 aliphatic heterocycles. The molecule has 1 N–H and O–H groups in total. The van der Waals surface area contributed by atoms with Crippen LogP contribution in [0, 0.1) is 0 Å². The second kappa shape index (κ2) is 15.4. The molecule has 0 bridgehead atoms. The molecule has 0 radical (unpaired) electrons. The van der Waals surface area contributed by atoms with Crippen LogP contribution in [0.2, 0.25) is 5.02 Å². The lowest BCUT2D eigenvalue weighted by Crippen LogP contribution is -2.50. The van der Waals surface area contributed by atoms with Crippen molar-refractivity contribution in [3.05, 3.63) is 95.0 Å². The van der Waals surface area contributed by atoms with Crippen molar-refractivity contribution in [3.8, 4) is 5.75 Å². The van der Waals surface area contributed by atoms with Gasteiger partial charge in [0.25, 0.3) is 0 Å². The zero-order chi connectivity index (χ0) is 29.8. The number of nitrogens with zero attached hydrogens (tertiary/aromatic N) is 2. The third-order valence-electron chi connectivity index (χ3n) is 6.63. The average Bonchev–Trinajstić information content (AvgIpc) is 2.96. The summed E-state index contributed by atoms with van der Waals surface area (Å²) >= 11 is 6.47. The van der Waals surface area contributed by atoms with Crippen LogP contribution in [0.4, 0.5) is 5.69 Å². The number of hydrogen-bond acceptors (Lipinski definition) is 5. The molecule has 0 aliphatic carbocycles. The summed E-state index contributed by atoms with van der Waals surface area (Å²) < 4.78 is 31.7. The van der Waals surface area contributed by atoms with Gasteiger partial charge in [-0.1, -0.05) is 67.1 Å². The van der Waals surface area contributed by atoms with Gasteiger partial charge >= 0.3 is 0 Å². The summed E-state index contributed by atoms with van der Waals surface area (Å²) in [4.78, 5) is 28.8. The van der Waals surface area contributed by atoms with Crippen molar-refractivity contribution in [2.45, 2.75) is 45.2 Å². The normalized spacial score (nSPS) is 11.9. The molecule has 0 aliphatic rings. The minimum absolute atomic E-state index is 0.0406. The zero-order valence-electron chi connectivity index (χ0n) is 23.8. The molecular weight excluding hydrogens is 562 g/mol. The van der Waals surface area contributed by atoms with Gasteiger partial charge in [0.1, 0.15) is 11.8 Å². The van der Waals surface area contributed by atoms with E-state index in [2.05, 4.69) is 5.32 Å². The van der Waals surface area contributed by atoms with Gasteiger partial charge in [-0.05, 0) is 54.3 Å². The van der Waals surface area contributed by atoms with E-state index in [1.807, 2.05) is 55.5 Å². The molecule has 0 fully saturated rings. The van der Waals surface area contributed by atoms with Crippen LogP contribution >= 0.6 is 11.6 Å². The van der Waals surface area contributed by atoms with Gasteiger partial charge in [-0.25, -0.2) is 8.42 Å². The first-order valence-electron chi connectivity index (χ1n) is 13.6. The van der Waals surface area contributed by atoms with E-state index in [9.17, 15) is 18.0 Å². The van der Waals surface area contributed by atoms with Crippen molar-refractivity contribution in [3.63, 3.8) is 0 Å². The monoisotopic (exact) mass is 599 g/mol. The number of amides is 2. The number of carbonyl (C=O) groups excluding carboxylic acids is 2. The Bertz CT molecular complexity index is 1380. The summed E-state index contributed by atoms with van der Waals surface area (Å²) in [7, 11) is -2.07. The standard InChI is InChI=1S/C31H38ClN3O5S/c1-4-20-33-31(37)29(22-24-11-6-5-7-12-24)34(23-25-13-8-9-14-28(25)32)30(36)15-10-21-35(41(3,38)39)26-16-18-27(40-2)19-17-26/h5-9,11-14,16-19,29H,4,10,15,20-23H2,1-3H3,(H,33,37)/t29-/m0/s1. The fraction of sp³-hybridized carbons (Fsp3) is 0.355. The Morgan fingerprint density at radius 1 is 0.976 bits per heavy atom. The number of benzene rings is 3. The predicted molar refractivity (Wildman–Crippen MR) is 164 cm³/mol. The van der Waals surface area contributed by atoms with Crippen molar-refractivity contribution >= 4 is 39.1 Å². The number of methoxy groups -OCH3 is 1. The summed E-state index contributed by atoms with van der Waals surface area (Å²) in [6, 6.07) is 22.7. The number of anilines is 1. The van der Waals surface area contributed by atoms with Crippen LogP contribution in [0.3, 0.4) is 0 Å². The lowest BCUT2D eigenvalue weighted by atomic mass is 10.0. The highest BCUT2D eigenvalue weighted by Gasteiger charge is 2.30. The highest BCUT2D eigenvalue weighted by Crippen LogP contribution is 2.24. The minimum Gasteiger partial charge on any atom is -0.497 e. The van der Waals surface area contributed by atoms with Gasteiger partial charge in [-0.3, -0.25) is 13.9 Å². The molecule has 0 saturated carbocycles. The number of sulfonamides is 1. The van der Waals surface area contributed by atoms with Gasteiger partial charge in [0.05, 0.1) is 19.1 Å². The van der Waals surface area contributed by atoms with Crippen molar-refractivity contribution < 1.29 is 22.7 Å². The first-order chi connectivity index (χ1) is 19.6. The van der Waals surface area contributed by atoms with Gasteiger partial charge in [0, 0.05) is 37.5 Å². The lowest BCUT2D eigenvalue weighted by Gasteiger charge is -2.32. The van der Waals surface area contributed by atoms with Gasteiger partial charge in [0.15, 0.2) is 0 Å². The van der Waals surface area contributed by atoms with E-state index >= 15 is 0 Å². The molecule has 220 valence electrons. The first kappa shape index (κ1) is 32.0. The van der Waals surface area contributed by atoms with Crippen molar-refractivity contribution in [1.29, 1.82) is 0 Å². The van der Waals surface area contributed by atoms with Crippen molar-refractivity contribution in [1.82, 2.24) is 10.2 Å². The summed E-state index contributed by atoms with van der Waals surface area (Å²) in [6.07, 6.45) is 2.52. The SMILES string of the molecule is CCCNC(=O)[C@H](Cc1ccccc1)N(Cc1ccccc1Cl)C(=O)CCCN(c1ccc(OC)cc1)S(C)(=O)=O. The van der Waals surface area contributed by atoms with E-state index in [0.29, 0.717) is 29.4 Å². The van der Waals surface area contributed by atoms with E-state index < -0.39 is 16.1 Å². The fourth-order valence-electron chi connectivity index (χ4n) is 4.48. The topological polar surface area (TPSA) is 96.0 Å². The molecule has 0 saturated heterocycles. The molecule has 0 spiro atoms. The number of carbonyl (C=O) groups is 2. The summed E-state index contributed by atoms with van der Waals surface area (Å²) in [5.41, 5.74) is 2.12. The minimum atomic E-state index is -3.60. The van der Waals surface area contributed by atoms with Crippen LogP contribution < -0.4 is 14.4 Å². The Morgan fingerprint density at radius 3 is 2.24 bits per heavy atom. The molecule has 3 rings (SSSR count). The molecule has 41 heavy (non-hydrogen) atoms. The molecule has 8 nitrogen and oxygen atoms in total. The van der Waals surface area contributed by atoms with Gasteiger partial charge in [-0.2, -0.15) is 0 Å². The lowest BCUT2D eigenvalue weighted by molar-refractivity contribution is -0.141. The number of hydrogen-bond donors (Lipinski definition) is 1. The Labute approximate surface area is 248 Å². The zero-order valence-corrected chi connectivity index (χ0v) is 25.3. The third kappa shape index (κ3) is 9.50. The van der Waals surface area contributed by atoms with Crippen molar-refractivity contribution in [2.24, 2.45) is 0 Å². The number of halogens is 1. The quantitative estimate of drug-likeness (QED) is 0.263. The van der Waals surface area contributed by atoms with Crippen LogP contribution in [0.25, 0.3) is 0 Å². The predicted octanol–water partition coefficient (Wildman–Crippen LogP) is 5.06. The molecule has 1 atom stereocenters. The van der Waals surface area contributed by atoms with E-state index in [0.717, 1.165) is 23.8 Å².